The molecule has 0 aliphatic heterocycles. The standard InChI is InChI=1S/C11H18N4O2/c1-4-6-14(8-10(16)13(2)3)11(17)15-7-5-12-9-15/h5,7,9H,4,6,8H2,1-3H3. The maximum absolute atomic E-state index is 12.0. The van der Waals surface area contributed by atoms with Gasteiger partial charge in [0.1, 0.15) is 12.9 Å². The van der Waals surface area contributed by atoms with Gasteiger partial charge in [-0.1, -0.05) is 6.92 Å². The van der Waals surface area contributed by atoms with Crippen LogP contribution in [-0.4, -0.2) is 58.5 Å². The van der Waals surface area contributed by atoms with Crippen LogP contribution in [0.2, 0.25) is 0 Å². The van der Waals surface area contributed by atoms with Crippen molar-refractivity contribution in [2.45, 2.75) is 13.3 Å². The van der Waals surface area contributed by atoms with Crippen LogP contribution in [0, 0.1) is 0 Å². The Morgan fingerprint density at radius 1 is 1.35 bits per heavy atom. The minimum atomic E-state index is -0.223. The molecule has 0 atom stereocenters. The Kier molecular flexibility index (Phi) is 4.68. The number of amides is 2. The number of hydrogen-bond donors (Lipinski definition) is 0. The highest BCUT2D eigenvalue weighted by atomic mass is 16.2. The fourth-order valence-corrected chi connectivity index (χ4v) is 1.35. The van der Waals surface area contributed by atoms with Crippen LogP contribution in [0.25, 0.3) is 0 Å². The van der Waals surface area contributed by atoms with Crippen LogP contribution in [0.4, 0.5) is 4.79 Å². The Morgan fingerprint density at radius 2 is 2.06 bits per heavy atom. The SMILES string of the molecule is CCCN(CC(=O)N(C)C)C(=O)n1ccnc1. The van der Waals surface area contributed by atoms with Crippen molar-refractivity contribution in [3.63, 3.8) is 0 Å². The van der Waals surface area contributed by atoms with E-state index in [1.54, 1.807) is 20.3 Å². The predicted octanol–water partition coefficient (Wildman–Crippen LogP) is 0.651. The van der Waals surface area contributed by atoms with E-state index in [1.165, 1.54) is 26.9 Å². The zero-order chi connectivity index (χ0) is 12.8. The molecule has 94 valence electrons. The average molecular weight is 238 g/mol. The summed E-state index contributed by atoms with van der Waals surface area (Å²) in [6, 6.07) is -0.223. The molecule has 1 heterocycles. The Labute approximate surface area is 101 Å². The Hall–Kier alpha value is -1.85. The molecule has 0 spiro atoms. The quantitative estimate of drug-likeness (QED) is 0.774. The largest absolute Gasteiger partial charge is 0.347 e. The summed E-state index contributed by atoms with van der Waals surface area (Å²) in [6.07, 6.45) is 5.35. The van der Waals surface area contributed by atoms with Crippen LogP contribution < -0.4 is 0 Å². The summed E-state index contributed by atoms with van der Waals surface area (Å²) in [7, 11) is 3.35. The van der Waals surface area contributed by atoms with E-state index in [0.717, 1.165) is 6.42 Å². The van der Waals surface area contributed by atoms with Gasteiger partial charge in [0.15, 0.2) is 0 Å². The van der Waals surface area contributed by atoms with Gasteiger partial charge in [0.25, 0.3) is 0 Å². The number of carbonyl (C=O) groups is 2. The summed E-state index contributed by atoms with van der Waals surface area (Å²) >= 11 is 0. The topological polar surface area (TPSA) is 58.4 Å². The molecule has 17 heavy (non-hydrogen) atoms. The van der Waals surface area contributed by atoms with Gasteiger partial charge in [-0.25, -0.2) is 9.78 Å². The first-order valence-corrected chi connectivity index (χ1v) is 5.53. The van der Waals surface area contributed by atoms with Crippen LogP contribution in [0.3, 0.4) is 0 Å². The van der Waals surface area contributed by atoms with E-state index in [2.05, 4.69) is 4.98 Å². The van der Waals surface area contributed by atoms with Crippen LogP contribution in [0.15, 0.2) is 18.7 Å². The summed E-state index contributed by atoms with van der Waals surface area (Å²) < 4.78 is 1.37. The summed E-state index contributed by atoms with van der Waals surface area (Å²) in [6.45, 7) is 2.61. The van der Waals surface area contributed by atoms with Gasteiger partial charge in [0.2, 0.25) is 5.91 Å². The van der Waals surface area contributed by atoms with Crippen molar-refractivity contribution in [2.24, 2.45) is 0 Å². The van der Waals surface area contributed by atoms with Gasteiger partial charge >= 0.3 is 6.03 Å². The molecule has 0 unspecified atom stereocenters. The normalized spacial score (nSPS) is 10.1. The fraction of sp³-hybridized carbons (Fsp3) is 0.545. The first-order valence-electron chi connectivity index (χ1n) is 5.53. The number of nitrogens with zero attached hydrogens (tertiary/aromatic N) is 4. The Balaban J connectivity index is 2.72. The molecule has 0 radical (unpaired) electrons. The van der Waals surface area contributed by atoms with Crippen LogP contribution in [0.5, 0.6) is 0 Å². The smallest absolute Gasteiger partial charge is 0.329 e. The molecule has 1 aromatic rings. The lowest BCUT2D eigenvalue weighted by molar-refractivity contribution is -0.129. The minimum Gasteiger partial charge on any atom is -0.347 e. The predicted molar refractivity (Wildman–Crippen MR) is 63.6 cm³/mol. The van der Waals surface area contributed by atoms with Crippen molar-refractivity contribution in [3.05, 3.63) is 18.7 Å². The first kappa shape index (κ1) is 13.2. The van der Waals surface area contributed by atoms with Crippen LogP contribution in [0.1, 0.15) is 13.3 Å². The summed E-state index contributed by atoms with van der Waals surface area (Å²) in [4.78, 5) is 30.5. The third kappa shape index (κ3) is 3.58. The van der Waals surface area contributed by atoms with E-state index in [-0.39, 0.29) is 18.5 Å². The lowest BCUT2D eigenvalue weighted by Crippen LogP contribution is -2.42. The van der Waals surface area contributed by atoms with Gasteiger partial charge in [0.05, 0.1) is 0 Å². The Morgan fingerprint density at radius 3 is 2.53 bits per heavy atom. The average Bonchev–Trinajstić information content (AvgIpc) is 2.80. The molecule has 6 nitrogen and oxygen atoms in total. The second kappa shape index (κ2) is 6.03. The summed E-state index contributed by atoms with van der Waals surface area (Å²) in [5, 5.41) is 0. The molecule has 0 aliphatic rings. The number of aromatic nitrogens is 2. The third-order valence-corrected chi connectivity index (χ3v) is 2.31. The summed E-state index contributed by atoms with van der Waals surface area (Å²) in [5.41, 5.74) is 0. The zero-order valence-corrected chi connectivity index (χ0v) is 10.5. The molecular weight excluding hydrogens is 220 g/mol. The van der Waals surface area contributed by atoms with Gasteiger partial charge in [0, 0.05) is 33.0 Å². The van der Waals surface area contributed by atoms with Gasteiger partial charge in [-0.05, 0) is 6.42 Å². The molecule has 0 bridgehead atoms. The fourth-order valence-electron chi connectivity index (χ4n) is 1.35. The maximum Gasteiger partial charge on any atom is 0.329 e. The van der Waals surface area contributed by atoms with Crippen molar-refractivity contribution in [1.29, 1.82) is 0 Å². The van der Waals surface area contributed by atoms with E-state index in [4.69, 9.17) is 0 Å². The molecule has 1 aromatic heterocycles. The van der Waals surface area contributed by atoms with Crippen LogP contribution >= 0.6 is 0 Å². The number of imidazole rings is 1. The Bertz CT molecular complexity index is 373. The van der Waals surface area contributed by atoms with Gasteiger partial charge in [-0.2, -0.15) is 0 Å². The lowest BCUT2D eigenvalue weighted by Gasteiger charge is -2.23. The number of carbonyl (C=O) groups excluding carboxylic acids is 2. The highest BCUT2D eigenvalue weighted by Crippen LogP contribution is 1.99. The van der Waals surface area contributed by atoms with Gasteiger partial charge in [-0.3, -0.25) is 9.36 Å². The molecule has 6 heteroatoms. The molecule has 0 N–H and O–H groups in total. The first-order chi connectivity index (χ1) is 8.06. The molecule has 0 aliphatic carbocycles. The zero-order valence-electron chi connectivity index (χ0n) is 10.5. The molecular formula is C11H18N4O2. The van der Waals surface area contributed by atoms with Crippen molar-refractivity contribution >= 4 is 11.9 Å². The monoisotopic (exact) mass is 238 g/mol. The minimum absolute atomic E-state index is 0.0908. The molecule has 0 saturated heterocycles. The molecule has 0 saturated carbocycles. The molecule has 0 aromatic carbocycles. The lowest BCUT2D eigenvalue weighted by atomic mass is 10.4. The van der Waals surface area contributed by atoms with E-state index in [1.807, 2.05) is 6.92 Å². The van der Waals surface area contributed by atoms with Crippen molar-refractivity contribution in [2.75, 3.05) is 27.2 Å². The second-order valence-corrected chi connectivity index (χ2v) is 3.96. The highest BCUT2D eigenvalue weighted by Gasteiger charge is 2.18. The molecule has 0 fully saturated rings. The molecule has 1 rings (SSSR count). The second-order valence-electron chi connectivity index (χ2n) is 3.96. The highest BCUT2D eigenvalue weighted by molar-refractivity contribution is 5.84. The van der Waals surface area contributed by atoms with E-state index >= 15 is 0 Å². The number of likely N-dealkylation sites (N-methyl/N-ethyl adjacent to an activating group) is 1. The van der Waals surface area contributed by atoms with E-state index < -0.39 is 0 Å². The van der Waals surface area contributed by atoms with E-state index in [9.17, 15) is 9.59 Å². The third-order valence-electron chi connectivity index (χ3n) is 2.31. The van der Waals surface area contributed by atoms with Crippen molar-refractivity contribution in [3.8, 4) is 0 Å². The maximum atomic E-state index is 12.0. The van der Waals surface area contributed by atoms with Crippen molar-refractivity contribution < 1.29 is 9.59 Å². The van der Waals surface area contributed by atoms with Gasteiger partial charge in [-0.15, -0.1) is 0 Å². The number of rotatable bonds is 4. The molecule has 2 amide bonds. The van der Waals surface area contributed by atoms with Crippen molar-refractivity contribution in [1.82, 2.24) is 19.4 Å². The summed E-state index contributed by atoms with van der Waals surface area (Å²) in [5.74, 6) is -0.0908. The number of hydrogen-bond acceptors (Lipinski definition) is 3. The van der Waals surface area contributed by atoms with Crippen LogP contribution in [-0.2, 0) is 4.79 Å². The van der Waals surface area contributed by atoms with E-state index in [0.29, 0.717) is 6.54 Å². The van der Waals surface area contributed by atoms with Gasteiger partial charge < -0.3 is 9.80 Å².